The van der Waals surface area contributed by atoms with E-state index >= 15 is 0 Å². The summed E-state index contributed by atoms with van der Waals surface area (Å²) in [6.07, 6.45) is 2.60. The summed E-state index contributed by atoms with van der Waals surface area (Å²) in [5, 5.41) is 11.5. The van der Waals surface area contributed by atoms with Crippen LogP contribution in [0.3, 0.4) is 0 Å². The molecule has 0 saturated carbocycles. The second-order valence-corrected chi connectivity index (χ2v) is 6.24. The molecule has 0 fully saturated rings. The Morgan fingerprint density at radius 1 is 1.48 bits per heavy atom. The highest BCUT2D eigenvalue weighted by molar-refractivity contribution is 7.15. The van der Waals surface area contributed by atoms with E-state index in [9.17, 15) is 9.59 Å². The topological polar surface area (TPSA) is 69.6 Å². The van der Waals surface area contributed by atoms with Crippen molar-refractivity contribution in [2.24, 2.45) is 0 Å². The minimum Gasteiger partial charge on any atom is -0.478 e. The van der Waals surface area contributed by atoms with Gasteiger partial charge >= 0.3 is 5.97 Å². The van der Waals surface area contributed by atoms with Gasteiger partial charge in [0.2, 0.25) is 0 Å². The van der Waals surface area contributed by atoms with Crippen LogP contribution in [0.2, 0.25) is 0 Å². The number of nitrogens with one attached hydrogen (secondary N) is 1. The highest BCUT2D eigenvalue weighted by Crippen LogP contribution is 2.23. The van der Waals surface area contributed by atoms with Crippen molar-refractivity contribution in [1.82, 2.24) is 10.2 Å². The molecule has 0 aliphatic carbocycles. The minimum atomic E-state index is -0.995. The first-order valence-corrected chi connectivity index (χ1v) is 7.62. The van der Waals surface area contributed by atoms with Crippen LogP contribution in [-0.2, 0) is 4.79 Å². The van der Waals surface area contributed by atoms with Gasteiger partial charge in [-0.1, -0.05) is 0 Å². The van der Waals surface area contributed by atoms with E-state index in [1.807, 2.05) is 14.0 Å². The van der Waals surface area contributed by atoms with Crippen LogP contribution < -0.4 is 5.32 Å². The second kappa shape index (κ2) is 7.95. The maximum Gasteiger partial charge on any atom is 0.328 e. The van der Waals surface area contributed by atoms with E-state index < -0.39 is 5.97 Å². The SMILES string of the molecule is Cc1cc(C(=O)NCCN(C)C(C)C)sc1/C=C/C(=O)O. The van der Waals surface area contributed by atoms with Gasteiger partial charge in [0, 0.05) is 30.1 Å². The van der Waals surface area contributed by atoms with E-state index in [2.05, 4.69) is 24.1 Å². The maximum absolute atomic E-state index is 12.0. The van der Waals surface area contributed by atoms with Gasteiger partial charge in [0.15, 0.2) is 0 Å². The molecule has 1 aromatic heterocycles. The zero-order valence-electron chi connectivity index (χ0n) is 12.8. The number of thiophene rings is 1. The van der Waals surface area contributed by atoms with Crippen molar-refractivity contribution < 1.29 is 14.7 Å². The Kier molecular flexibility index (Phi) is 6.58. The fourth-order valence-corrected chi connectivity index (χ4v) is 2.61. The van der Waals surface area contributed by atoms with Crippen molar-refractivity contribution in [3.05, 3.63) is 27.5 Å². The summed E-state index contributed by atoms with van der Waals surface area (Å²) in [5.41, 5.74) is 0.905. The van der Waals surface area contributed by atoms with Gasteiger partial charge in [0.05, 0.1) is 4.88 Å². The van der Waals surface area contributed by atoms with E-state index in [1.165, 1.54) is 17.4 Å². The molecule has 0 bridgehead atoms. The average molecular weight is 310 g/mol. The van der Waals surface area contributed by atoms with Crippen LogP contribution in [0.5, 0.6) is 0 Å². The lowest BCUT2D eigenvalue weighted by molar-refractivity contribution is -0.131. The number of amides is 1. The van der Waals surface area contributed by atoms with Gasteiger partial charge in [-0.2, -0.15) is 0 Å². The van der Waals surface area contributed by atoms with Crippen LogP contribution in [0.1, 0.15) is 34.0 Å². The number of likely N-dealkylation sites (N-methyl/N-ethyl adjacent to an activating group) is 1. The Hall–Kier alpha value is -1.66. The predicted octanol–water partition coefficient (Wildman–Crippen LogP) is 2.22. The standard InChI is InChI=1S/C15H22N2O3S/c1-10(2)17(4)8-7-16-15(20)13-9-11(3)12(21-13)5-6-14(18)19/h5-6,9-10H,7-8H2,1-4H3,(H,16,20)(H,18,19)/b6-5+. The quantitative estimate of drug-likeness (QED) is 0.758. The Balaban J connectivity index is 2.59. The van der Waals surface area contributed by atoms with Gasteiger partial charge < -0.3 is 15.3 Å². The molecular formula is C15H22N2O3S. The number of carboxylic acid groups (broad SMARTS) is 1. The second-order valence-electron chi connectivity index (χ2n) is 5.16. The average Bonchev–Trinajstić information content (AvgIpc) is 2.77. The number of carbonyl (C=O) groups is 2. The smallest absolute Gasteiger partial charge is 0.328 e. The molecule has 1 amide bonds. The first-order valence-electron chi connectivity index (χ1n) is 6.81. The zero-order chi connectivity index (χ0) is 16.0. The van der Waals surface area contributed by atoms with E-state index in [4.69, 9.17) is 5.11 Å². The van der Waals surface area contributed by atoms with Crippen molar-refractivity contribution in [3.8, 4) is 0 Å². The summed E-state index contributed by atoms with van der Waals surface area (Å²) in [6, 6.07) is 2.23. The number of aryl methyl sites for hydroxylation is 1. The molecule has 6 heteroatoms. The largest absolute Gasteiger partial charge is 0.478 e. The van der Waals surface area contributed by atoms with E-state index in [-0.39, 0.29) is 5.91 Å². The Labute approximate surface area is 129 Å². The highest BCUT2D eigenvalue weighted by atomic mass is 32.1. The number of nitrogens with zero attached hydrogens (tertiary/aromatic N) is 1. The molecule has 1 rings (SSSR count). The lowest BCUT2D eigenvalue weighted by atomic mass is 10.2. The number of hydrogen-bond acceptors (Lipinski definition) is 4. The first-order chi connectivity index (χ1) is 9.81. The molecule has 0 atom stereocenters. The molecule has 0 aliphatic heterocycles. The Bertz CT molecular complexity index is 535. The molecule has 0 unspecified atom stereocenters. The lowest BCUT2D eigenvalue weighted by Gasteiger charge is -2.20. The molecule has 1 heterocycles. The molecular weight excluding hydrogens is 288 g/mol. The number of hydrogen-bond donors (Lipinski definition) is 2. The molecule has 116 valence electrons. The fraction of sp³-hybridized carbons (Fsp3) is 0.467. The van der Waals surface area contributed by atoms with Crippen LogP contribution in [0, 0.1) is 6.92 Å². The normalized spacial score (nSPS) is 11.5. The summed E-state index contributed by atoms with van der Waals surface area (Å²) in [4.78, 5) is 26.1. The lowest BCUT2D eigenvalue weighted by Crippen LogP contribution is -2.35. The molecule has 2 N–H and O–H groups in total. The highest BCUT2D eigenvalue weighted by Gasteiger charge is 2.11. The molecule has 0 aliphatic rings. The Morgan fingerprint density at radius 3 is 2.71 bits per heavy atom. The first kappa shape index (κ1) is 17.4. The minimum absolute atomic E-state index is 0.116. The van der Waals surface area contributed by atoms with Crippen LogP contribution >= 0.6 is 11.3 Å². The van der Waals surface area contributed by atoms with Crippen LogP contribution in [0.25, 0.3) is 6.08 Å². The zero-order valence-corrected chi connectivity index (χ0v) is 13.7. The van der Waals surface area contributed by atoms with Gasteiger partial charge in [-0.3, -0.25) is 4.79 Å². The third kappa shape index (κ3) is 5.69. The summed E-state index contributed by atoms with van der Waals surface area (Å²) in [5.74, 6) is -1.11. The summed E-state index contributed by atoms with van der Waals surface area (Å²) in [6.45, 7) is 7.45. The fourth-order valence-electron chi connectivity index (χ4n) is 1.61. The van der Waals surface area contributed by atoms with Crippen LogP contribution in [0.15, 0.2) is 12.1 Å². The van der Waals surface area contributed by atoms with E-state index in [0.29, 0.717) is 17.5 Å². The summed E-state index contributed by atoms with van der Waals surface area (Å²) in [7, 11) is 2.01. The van der Waals surface area contributed by atoms with Crippen molar-refractivity contribution in [1.29, 1.82) is 0 Å². The predicted molar refractivity (Wildman–Crippen MR) is 85.8 cm³/mol. The molecule has 1 aromatic rings. The number of carbonyl (C=O) groups excluding carboxylic acids is 1. The molecule has 0 radical (unpaired) electrons. The Morgan fingerprint density at radius 2 is 2.14 bits per heavy atom. The molecule has 0 aromatic carbocycles. The van der Waals surface area contributed by atoms with Gasteiger partial charge in [-0.25, -0.2) is 4.79 Å². The molecule has 21 heavy (non-hydrogen) atoms. The number of aliphatic carboxylic acids is 1. The van der Waals surface area contributed by atoms with Crippen molar-refractivity contribution >= 4 is 29.3 Å². The molecule has 0 saturated heterocycles. The van der Waals surface area contributed by atoms with Crippen LogP contribution in [-0.4, -0.2) is 48.1 Å². The third-order valence-electron chi connectivity index (χ3n) is 3.19. The van der Waals surface area contributed by atoms with Crippen LogP contribution in [0.4, 0.5) is 0 Å². The van der Waals surface area contributed by atoms with Gasteiger partial charge in [-0.05, 0) is 45.5 Å². The number of rotatable bonds is 7. The third-order valence-corrected chi connectivity index (χ3v) is 4.39. The van der Waals surface area contributed by atoms with Crippen molar-refractivity contribution in [3.63, 3.8) is 0 Å². The molecule has 5 nitrogen and oxygen atoms in total. The van der Waals surface area contributed by atoms with E-state index in [1.54, 1.807) is 6.07 Å². The van der Waals surface area contributed by atoms with Gasteiger partial charge in [0.25, 0.3) is 5.91 Å². The molecule has 0 spiro atoms. The monoisotopic (exact) mass is 310 g/mol. The number of carboxylic acids is 1. The van der Waals surface area contributed by atoms with Gasteiger partial charge in [0.1, 0.15) is 0 Å². The summed E-state index contributed by atoms with van der Waals surface area (Å²) >= 11 is 1.30. The summed E-state index contributed by atoms with van der Waals surface area (Å²) < 4.78 is 0. The van der Waals surface area contributed by atoms with E-state index in [0.717, 1.165) is 23.1 Å². The van der Waals surface area contributed by atoms with Crippen molar-refractivity contribution in [2.75, 3.05) is 20.1 Å². The van der Waals surface area contributed by atoms with Crippen molar-refractivity contribution in [2.45, 2.75) is 26.8 Å². The maximum atomic E-state index is 12.0. The van der Waals surface area contributed by atoms with Gasteiger partial charge in [-0.15, -0.1) is 11.3 Å².